The highest BCUT2D eigenvalue weighted by atomic mass is 35.5. The number of aromatic amines is 1. The van der Waals surface area contributed by atoms with Crippen LogP contribution < -0.4 is 0 Å². The fraction of sp³-hybridized carbons (Fsp3) is 0. The largest absolute Gasteiger partial charge is 0.266 e. The molecule has 0 atom stereocenters. The van der Waals surface area contributed by atoms with E-state index in [1.54, 1.807) is 12.3 Å². The van der Waals surface area contributed by atoms with Gasteiger partial charge in [0.25, 0.3) is 0 Å². The highest BCUT2D eigenvalue weighted by Gasteiger charge is 2.06. The lowest BCUT2D eigenvalue weighted by Crippen LogP contribution is -1.89. The van der Waals surface area contributed by atoms with Gasteiger partial charge in [0.1, 0.15) is 9.79 Å². The van der Waals surface area contributed by atoms with Gasteiger partial charge in [0.05, 0.1) is 0 Å². The van der Waals surface area contributed by atoms with Gasteiger partial charge in [-0.25, -0.2) is 0 Å². The summed E-state index contributed by atoms with van der Waals surface area (Å²) in [7, 11) is 0. The first-order chi connectivity index (χ1) is 8.75. The minimum Gasteiger partial charge on any atom is -0.266 e. The Morgan fingerprint density at radius 3 is 2.94 bits per heavy atom. The van der Waals surface area contributed by atoms with Gasteiger partial charge in [-0.1, -0.05) is 42.0 Å². The van der Waals surface area contributed by atoms with Crippen molar-refractivity contribution in [3.8, 4) is 11.1 Å². The molecular weight excluding hydrogens is 266 g/mol. The molecule has 0 aliphatic rings. The zero-order valence-corrected chi connectivity index (χ0v) is 10.8. The number of hydrogen-bond donors (Lipinski definition) is 1. The zero-order chi connectivity index (χ0) is 12.5. The van der Waals surface area contributed by atoms with Crippen LogP contribution in [0.5, 0.6) is 0 Å². The molecule has 0 fully saturated rings. The Kier molecular flexibility index (Phi) is 2.81. The third-order valence-electron chi connectivity index (χ3n) is 2.75. The van der Waals surface area contributed by atoms with E-state index < -0.39 is 0 Å². The van der Waals surface area contributed by atoms with Crippen LogP contribution in [0.25, 0.3) is 21.9 Å². The Morgan fingerprint density at radius 2 is 2.06 bits per heavy atom. The van der Waals surface area contributed by atoms with E-state index >= 15 is 0 Å². The summed E-state index contributed by atoms with van der Waals surface area (Å²) in [5.74, 6) is 0. The van der Waals surface area contributed by atoms with Crippen molar-refractivity contribution in [2.24, 2.45) is 0 Å². The van der Waals surface area contributed by atoms with Gasteiger partial charge >= 0.3 is 0 Å². The molecular formula is C13H8ClN3S. The lowest BCUT2D eigenvalue weighted by atomic mass is 10.0. The zero-order valence-electron chi connectivity index (χ0n) is 9.22. The standard InChI is InChI=1S/C13H8ClN3S/c14-12-6-10(13(18)17-16-12)9-3-1-2-8-4-5-15-7-11(8)9/h1-7H,(H,17,18). The van der Waals surface area contributed by atoms with Crippen molar-refractivity contribution in [1.82, 2.24) is 15.2 Å². The van der Waals surface area contributed by atoms with Crippen LogP contribution in [0, 0.1) is 4.64 Å². The Morgan fingerprint density at radius 1 is 1.17 bits per heavy atom. The molecule has 3 nitrogen and oxygen atoms in total. The fourth-order valence-electron chi connectivity index (χ4n) is 1.93. The van der Waals surface area contributed by atoms with E-state index in [0.717, 1.165) is 21.9 Å². The number of rotatable bonds is 1. The van der Waals surface area contributed by atoms with Crippen LogP contribution in [-0.2, 0) is 0 Å². The molecule has 0 unspecified atom stereocenters. The second-order valence-corrected chi connectivity index (χ2v) is 4.63. The molecule has 3 rings (SSSR count). The van der Waals surface area contributed by atoms with E-state index in [1.807, 2.05) is 30.5 Å². The highest BCUT2D eigenvalue weighted by molar-refractivity contribution is 7.71. The molecule has 0 spiro atoms. The van der Waals surface area contributed by atoms with E-state index in [1.165, 1.54) is 0 Å². The normalized spacial score (nSPS) is 10.7. The third kappa shape index (κ3) is 1.89. The van der Waals surface area contributed by atoms with Crippen LogP contribution in [0.1, 0.15) is 0 Å². The first-order valence-electron chi connectivity index (χ1n) is 5.34. The smallest absolute Gasteiger partial charge is 0.150 e. The van der Waals surface area contributed by atoms with E-state index in [2.05, 4.69) is 15.2 Å². The van der Waals surface area contributed by atoms with Gasteiger partial charge in [-0.3, -0.25) is 10.1 Å². The first kappa shape index (κ1) is 11.3. The molecule has 0 radical (unpaired) electrons. The summed E-state index contributed by atoms with van der Waals surface area (Å²) >= 11 is 11.2. The molecule has 18 heavy (non-hydrogen) atoms. The van der Waals surface area contributed by atoms with E-state index in [-0.39, 0.29) is 0 Å². The SMILES string of the molecule is S=c1[nH]nc(Cl)cc1-c1cccc2ccncc12. The molecule has 2 aromatic heterocycles. The second kappa shape index (κ2) is 4.48. The second-order valence-electron chi connectivity index (χ2n) is 3.84. The number of pyridine rings is 1. The van der Waals surface area contributed by atoms with Crippen LogP contribution in [0.3, 0.4) is 0 Å². The molecule has 1 N–H and O–H groups in total. The van der Waals surface area contributed by atoms with E-state index in [0.29, 0.717) is 9.79 Å². The first-order valence-corrected chi connectivity index (χ1v) is 6.12. The van der Waals surface area contributed by atoms with Crippen molar-refractivity contribution in [2.45, 2.75) is 0 Å². The Hall–Kier alpha value is -1.78. The molecule has 2 heterocycles. The van der Waals surface area contributed by atoms with Gasteiger partial charge in [0, 0.05) is 23.3 Å². The van der Waals surface area contributed by atoms with Gasteiger partial charge in [-0.2, -0.15) is 5.10 Å². The predicted molar refractivity (Wildman–Crippen MR) is 75.2 cm³/mol. The van der Waals surface area contributed by atoms with Crippen LogP contribution >= 0.6 is 23.8 Å². The molecule has 0 aliphatic heterocycles. The number of hydrogen-bond acceptors (Lipinski definition) is 3. The molecule has 0 aliphatic carbocycles. The lowest BCUT2D eigenvalue weighted by Gasteiger charge is -2.06. The number of nitrogens with zero attached hydrogens (tertiary/aromatic N) is 2. The number of nitrogens with one attached hydrogen (secondary N) is 1. The molecule has 1 aromatic carbocycles. The molecule has 3 aromatic rings. The van der Waals surface area contributed by atoms with Crippen molar-refractivity contribution in [3.05, 3.63) is 52.5 Å². The summed E-state index contributed by atoms with van der Waals surface area (Å²) in [5.41, 5.74) is 1.87. The molecule has 0 saturated carbocycles. The number of benzene rings is 1. The number of aromatic nitrogens is 3. The highest BCUT2D eigenvalue weighted by Crippen LogP contribution is 2.29. The maximum absolute atomic E-state index is 5.91. The van der Waals surface area contributed by atoms with Crippen molar-refractivity contribution in [3.63, 3.8) is 0 Å². The topological polar surface area (TPSA) is 41.6 Å². The average Bonchev–Trinajstić information content (AvgIpc) is 2.41. The Labute approximate surface area is 113 Å². The van der Waals surface area contributed by atoms with Gasteiger partial charge in [-0.05, 0) is 23.1 Å². The van der Waals surface area contributed by atoms with Crippen molar-refractivity contribution in [1.29, 1.82) is 0 Å². The summed E-state index contributed by atoms with van der Waals surface area (Å²) in [6.45, 7) is 0. The van der Waals surface area contributed by atoms with Gasteiger partial charge < -0.3 is 0 Å². The van der Waals surface area contributed by atoms with Crippen LogP contribution in [0.4, 0.5) is 0 Å². The monoisotopic (exact) mass is 273 g/mol. The Bertz CT molecular complexity index is 777. The summed E-state index contributed by atoms with van der Waals surface area (Å²) in [6.07, 6.45) is 3.60. The molecule has 0 saturated heterocycles. The fourth-order valence-corrected chi connectivity index (χ4v) is 2.30. The quantitative estimate of drug-likeness (QED) is 0.681. The van der Waals surface area contributed by atoms with E-state index in [9.17, 15) is 0 Å². The maximum atomic E-state index is 5.91. The molecule has 5 heteroatoms. The summed E-state index contributed by atoms with van der Waals surface area (Å²) in [4.78, 5) is 4.16. The van der Waals surface area contributed by atoms with Crippen LogP contribution in [0.15, 0.2) is 42.7 Å². The van der Waals surface area contributed by atoms with Crippen molar-refractivity contribution in [2.75, 3.05) is 0 Å². The summed E-state index contributed by atoms with van der Waals surface area (Å²) in [6, 6.07) is 9.76. The molecule has 0 bridgehead atoms. The van der Waals surface area contributed by atoms with Crippen LogP contribution in [-0.4, -0.2) is 15.2 Å². The van der Waals surface area contributed by atoms with E-state index in [4.69, 9.17) is 23.8 Å². The van der Waals surface area contributed by atoms with Gasteiger partial charge in [0.15, 0.2) is 0 Å². The van der Waals surface area contributed by atoms with Gasteiger partial charge in [0.2, 0.25) is 0 Å². The average molecular weight is 274 g/mol. The Balaban J connectivity index is 2.38. The van der Waals surface area contributed by atoms with Crippen molar-refractivity contribution >= 4 is 34.6 Å². The molecule has 88 valence electrons. The third-order valence-corrected chi connectivity index (χ3v) is 3.25. The summed E-state index contributed by atoms with van der Waals surface area (Å²) in [5, 5.41) is 9.16. The minimum atomic E-state index is 0.388. The van der Waals surface area contributed by atoms with Crippen molar-refractivity contribution < 1.29 is 0 Å². The number of H-pyrrole nitrogens is 1. The minimum absolute atomic E-state index is 0.388. The number of fused-ring (bicyclic) bond motifs is 1. The molecule has 0 amide bonds. The lowest BCUT2D eigenvalue weighted by molar-refractivity contribution is 1.02. The summed E-state index contributed by atoms with van der Waals surface area (Å²) < 4.78 is 0.566. The van der Waals surface area contributed by atoms with Crippen LogP contribution in [0.2, 0.25) is 5.15 Å². The number of halogens is 1. The predicted octanol–water partition coefficient (Wildman–Crippen LogP) is 4.01. The maximum Gasteiger partial charge on any atom is 0.150 e. The van der Waals surface area contributed by atoms with Gasteiger partial charge in [-0.15, -0.1) is 0 Å².